The predicted octanol–water partition coefficient (Wildman–Crippen LogP) is 2.16. The van der Waals surface area contributed by atoms with Crippen molar-refractivity contribution in [1.82, 2.24) is 9.97 Å². The van der Waals surface area contributed by atoms with Crippen molar-refractivity contribution in [3.63, 3.8) is 0 Å². The molecule has 0 amide bonds. The van der Waals surface area contributed by atoms with Gasteiger partial charge in [0.2, 0.25) is 5.95 Å². The standard InChI is InChI=1S/C15H16N4O2/c1-11-9-12(10-16)19-15(18-11)17-7-8-21-14-5-3-13(20-2)4-6-14/h3-6,9H,7-8H2,1-2H3,(H,17,18,19). The minimum atomic E-state index is 0.348. The van der Waals surface area contributed by atoms with Crippen molar-refractivity contribution in [2.75, 3.05) is 25.6 Å². The van der Waals surface area contributed by atoms with E-state index in [-0.39, 0.29) is 0 Å². The molecule has 6 heteroatoms. The van der Waals surface area contributed by atoms with Gasteiger partial charge in [-0.1, -0.05) is 0 Å². The Bertz CT molecular complexity index is 635. The van der Waals surface area contributed by atoms with Crippen LogP contribution < -0.4 is 14.8 Å². The van der Waals surface area contributed by atoms with Crippen LogP contribution in [0.3, 0.4) is 0 Å². The van der Waals surface area contributed by atoms with Crippen LogP contribution in [0.15, 0.2) is 30.3 Å². The fourth-order valence-corrected chi connectivity index (χ4v) is 1.71. The minimum absolute atomic E-state index is 0.348. The highest BCUT2D eigenvalue weighted by molar-refractivity contribution is 5.33. The topological polar surface area (TPSA) is 80.1 Å². The first kappa shape index (κ1) is 14.6. The number of ether oxygens (including phenoxy) is 2. The van der Waals surface area contributed by atoms with Crippen molar-refractivity contribution in [2.24, 2.45) is 0 Å². The summed E-state index contributed by atoms with van der Waals surface area (Å²) in [6.45, 7) is 2.83. The van der Waals surface area contributed by atoms with Gasteiger partial charge in [-0.3, -0.25) is 0 Å². The lowest BCUT2D eigenvalue weighted by Gasteiger charge is -2.08. The third-order valence-corrected chi connectivity index (χ3v) is 2.68. The van der Waals surface area contributed by atoms with E-state index in [9.17, 15) is 0 Å². The summed E-state index contributed by atoms with van der Waals surface area (Å²) in [6.07, 6.45) is 0. The van der Waals surface area contributed by atoms with Gasteiger partial charge in [-0.05, 0) is 37.3 Å². The van der Waals surface area contributed by atoms with Gasteiger partial charge < -0.3 is 14.8 Å². The quantitative estimate of drug-likeness (QED) is 0.819. The second-order valence-electron chi connectivity index (χ2n) is 4.28. The van der Waals surface area contributed by atoms with Gasteiger partial charge in [-0.2, -0.15) is 5.26 Å². The van der Waals surface area contributed by atoms with E-state index < -0.39 is 0 Å². The maximum atomic E-state index is 8.85. The van der Waals surface area contributed by atoms with E-state index in [0.717, 1.165) is 17.2 Å². The second kappa shape index (κ2) is 7.10. The third-order valence-electron chi connectivity index (χ3n) is 2.68. The first-order valence-corrected chi connectivity index (χ1v) is 6.48. The lowest BCUT2D eigenvalue weighted by atomic mass is 10.3. The molecule has 0 aliphatic rings. The highest BCUT2D eigenvalue weighted by Gasteiger charge is 2.01. The number of aromatic nitrogens is 2. The molecule has 0 spiro atoms. The van der Waals surface area contributed by atoms with E-state index in [4.69, 9.17) is 14.7 Å². The smallest absolute Gasteiger partial charge is 0.224 e. The summed E-state index contributed by atoms with van der Waals surface area (Å²) in [5.41, 5.74) is 1.10. The summed E-state index contributed by atoms with van der Waals surface area (Å²) in [6, 6.07) is 11.0. The summed E-state index contributed by atoms with van der Waals surface area (Å²) in [5, 5.41) is 11.9. The van der Waals surface area contributed by atoms with Crippen molar-refractivity contribution in [1.29, 1.82) is 5.26 Å². The number of anilines is 1. The second-order valence-corrected chi connectivity index (χ2v) is 4.28. The predicted molar refractivity (Wildman–Crippen MR) is 78.5 cm³/mol. The van der Waals surface area contributed by atoms with Crippen molar-refractivity contribution in [3.8, 4) is 17.6 Å². The molecule has 108 valence electrons. The molecule has 1 aromatic carbocycles. The Morgan fingerprint density at radius 3 is 2.57 bits per heavy atom. The molecule has 2 aromatic rings. The number of benzene rings is 1. The Hall–Kier alpha value is -2.81. The molecule has 1 aromatic heterocycles. The highest BCUT2D eigenvalue weighted by atomic mass is 16.5. The van der Waals surface area contributed by atoms with Gasteiger partial charge in [0, 0.05) is 5.69 Å². The first-order valence-electron chi connectivity index (χ1n) is 6.48. The molecule has 0 saturated heterocycles. The van der Waals surface area contributed by atoms with Crippen LogP contribution in [-0.4, -0.2) is 30.2 Å². The molecule has 0 bridgehead atoms. The average molecular weight is 284 g/mol. The van der Waals surface area contributed by atoms with Gasteiger partial charge in [-0.25, -0.2) is 9.97 Å². The number of nitrogens with one attached hydrogen (secondary N) is 1. The van der Waals surface area contributed by atoms with Crippen LogP contribution in [0.2, 0.25) is 0 Å². The number of hydrogen-bond acceptors (Lipinski definition) is 6. The van der Waals surface area contributed by atoms with Gasteiger partial charge in [0.1, 0.15) is 29.9 Å². The zero-order valence-corrected chi connectivity index (χ0v) is 12.0. The van der Waals surface area contributed by atoms with Gasteiger partial charge in [0.15, 0.2) is 0 Å². The van der Waals surface area contributed by atoms with Crippen LogP contribution >= 0.6 is 0 Å². The zero-order chi connectivity index (χ0) is 15.1. The van der Waals surface area contributed by atoms with Crippen LogP contribution in [0.25, 0.3) is 0 Å². The monoisotopic (exact) mass is 284 g/mol. The Balaban J connectivity index is 1.81. The molecule has 1 N–H and O–H groups in total. The fraction of sp³-hybridized carbons (Fsp3) is 0.267. The number of hydrogen-bond donors (Lipinski definition) is 1. The Labute approximate surface area is 123 Å². The van der Waals surface area contributed by atoms with Crippen molar-refractivity contribution in [3.05, 3.63) is 41.7 Å². The molecular weight excluding hydrogens is 268 g/mol. The molecule has 0 atom stereocenters. The summed E-state index contributed by atoms with van der Waals surface area (Å²) in [7, 11) is 1.62. The normalized spacial score (nSPS) is 9.76. The summed E-state index contributed by atoms with van der Waals surface area (Å²) < 4.78 is 10.7. The van der Waals surface area contributed by atoms with Gasteiger partial charge in [-0.15, -0.1) is 0 Å². The molecule has 0 unspecified atom stereocenters. The summed E-state index contributed by atoms with van der Waals surface area (Å²) in [5.74, 6) is 1.99. The molecular formula is C15H16N4O2. The number of methoxy groups -OCH3 is 1. The van der Waals surface area contributed by atoms with E-state index in [1.54, 1.807) is 13.2 Å². The molecule has 0 radical (unpaired) electrons. The van der Waals surface area contributed by atoms with Crippen LogP contribution in [0, 0.1) is 18.3 Å². The molecule has 1 heterocycles. The lowest BCUT2D eigenvalue weighted by molar-refractivity contribution is 0.331. The third kappa shape index (κ3) is 4.35. The van der Waals surface area contributed by atoms with Crippen molar-refractivity contribution in [2.45, 2.75) is 6.92 Å². The summed E-state index contributed by atoms with van der Waals surface area (Å²) >= 11 is 0. The largest absolute Gasteiger partial charge is 0.497 e. The molecule has 0 saturated carbocycles. The van der Waals surface area contributed by atoms with Gasteiger partial charge in [0.05, 0.1) is 13.7 Å². The van der Waals surface area contributed by atoms with E-state index in [0.29, 0.717) is 24.8 Å². The number of aryl methyl sites for hydroxylation is 1. The number of nitrogens with zero attached hydrogens (tertiary/aromatic N) is 3. The molecule has 0 aliphatic carbocycles. The van der Waals surface area contributed by atoms with Gasteiger partial charge >= 0.3 is 0 Å². The average Bonchev–Trinajstić information content (AvgIpc) is 2.51. The lowest BCUT2D eigenvalue weighted by Crippen LogP contribution is -2.14. The maximum absolute atomic E-state index is 8.85. The molecule has 6 nitrogen and oxygen atoms in total. The zero-order valence-electron chi connectivity index (χ0n) is 12.0. The molecule has 2 rings (SSSR count). The molecule has 0 aliphatic heterocycles. The van der Waals surface area contributed by atoms with E-state index in [1.807, 2.05) is 37.3 Å². The number of nitriles is 1. The minimum Gasteiger partial charge on any atom is -0.497 e. The Morgan fingerprint density at radius 2 is 1.90 bits per heavy atom. The number of rotatable bonds is 6. The van der Waals surface area contributed by atoms with Crippen molar-refractivity contribution < 1.29 is 9.47 Å². The molecule has 21 heavy (non-hydrogen) atoms. The maximum Gasteiger partial charge on any atom is 0.224 e. The van der Waals surface area contributed by atoms with Crippen LogP contribution in [0.1, 0.15) is 11.4 Å². The SMILES string of the molecule is COc1ccc(OCCNc2nc(C)cc(C#N)n2)cc1. The Kier molecular flexibility index (Phi) is 4.94. The Morgan fingerprint density at radius 1 is 1.19 bits per heavy atom. The van der Waals surface area contributed by atoms with Gasteiger partial charge in [0.25, 0.3) is 0 Å². The first-order chi connectivity index (χ1) is 10.2. The fourth-order valence-electron chi connectivity index (χ4n) is 1.71. The summed E-state index contributed by atoms with van der Waals surface area (Å²) in [4.78, 5) is 8.27. The van der Waals surface area contributed by atoms with Crippen LogP contribution in [-0.2, 0) is 0 Å². The van der Waals surface area contributed by atoms with Crippen LogP contribution in [0.5, 0.6) is 11.5 Å². The van der Waals surface area contributed by atoms with Crippen LogP contribution in [0.4, 0.5) is 5.95 Å². The van der Waals surface area contributed by atoms with E-state index >= 15 is 0 Å². The van der Waals surface area contributed by atoms with E-state index in [1.165, 1.54) is 0 Å². The van der Waals surface area contributed by atoms with Crippen molar-refractivity contribution >= 4 is 5.95 Å². The van der Waals surface area contributed by atoms with E-state index in [2.05, 4.69) is 15.3 Å². The highest BCUT2D eigenvalue weighted by Crippen LogP contribution is 2.16. The molecule has 0 fully saturated rings.